The third-order valence-corrected chi connectivity index (χ3v) is 3.50. The molecule has 3 rings (SSSR count). The number of fused-ring (bicyclic) bond motifs is 1. The summed E-state index contributed by atoms with van der Waals surface area (Å²) in [7, 11) is 3.05. The van der Waals surface area contributed by atoms with E-state index in [0.717, 1.165) is 0 Å². The van der Waals surface area contributed by atoms with Crippen LogP contribution in [-0.4, -0.2) is 28.6 Å². The van der Waals surface area contributed by atoms with Gasteiger partial charge in [-0.15, -0.1) is 0 Å². The van der Waals surface area contributed by atoms with Crippen LogP contribution in [0, 0.1) is 5.82 Å². The van der Waals surface area contributed by atoms with Crippen LogP contribution in [-0.2, 0) is 0 Å². The second-order valence-electron chi connectivity index (χ2n) is 4.26. The first-order valence-corrected chi connectivity index (χ1v) is 6.85. The van der Waals surface area contributed by atoms with Gasteiger partial charge >= 0.3 is 0 Å². The van der Waals surface area contributed by atoms with Crippen LogP contribution in [0.4, 0.5) is 4.39 Å². The molecule has 0 N–H and O–H groups in total. The molecule has 1 aromatic carbocycles. The maximum atomic E-state index is 14.0. The minimum Gasteiger partial charge on any atom is -0.482 e. The molecular weight excluding hydrogens is 341 g/mol. The van der Waals surface area contributed by atoms with Gasteiger partial charge < -0.3 is 9.47 Å². The van der Waals surface area contributed by atoms with E-state index in [1.807, 2.05) is 0 Å². The molecule has 0 aliphatic heterocycles. The summed E-state index contributed by atoms with van der Waals surface area (Å²) >= 11 is 3.23. The lowest BCUT2D eigenvalue weighted by Gasteiger charge is -2.04. The smallest absolute Gasteiger partial charge is 0.240 e. The van der Waals surface area contributed by atoms with Gasteiger partial charge in [-0.05, 0) is 18.2 Å². The van der Waals surface area contributed by atoms with E-state index in [2.05, 4.69) is 25.9 Å². The molecule has 0 spiro atoms. The maximum Gasteiger partial charge on any atom is 0.240 e. The summed E-state index contributed by atoms with van der Waals surface area (Å²) in [5, 5.41) is 0. The van der Waals surface area contributed by atoms with Gasteiger partial charge in [-0.3, -0.25) is 4.40 Å². The van der Waals surface area contributed by atoms with Crippen LogP contribution in [0.5, 0.6) is 11.8 Å². The van der Waals surface area contributed by atoms with Crippen molar-refractivity contribution in [1.29, 1.82) is 0 Å². The predicted octanol–water partition coefficient (Wildman–Crippen LogP) is 3.32. The van der Waals surface area contributed by atoms with E-state index in [9.17, 15) is 4.39 Å². The minimum absolute atomic E-state index is 0.362. The summed E-state index contributed by atoms with van der Waals surface area (Å²) in [6, 6.07) is 6.44. The monoisotopic (exact) mass is 351 g/mol. The number of hydrogen-bond acceptors (Lipinski definition) is 4. The molecule has 5 nitrogen and oxygen atoms in total. The van der Waals surface area contributed by atoms with Gasteiger partial charge in [0.15, 0.2) is 0 Å². The average molecular weight is 352 g/mol. The summed E-state index contributed by atoms with van der Waals surface area (Å²) in [5.74, 6) is 0.906. The van der Waals surface area contributed by atoms with Crippen LogP contribution < -0.4 is 9.47 Å². The lowest BCUT2D eigenvalue weighted by Crippen LogP contribution is -1.97. The van der Waals surface area contributed by atoms with E-state index >= 15 is 0 Å². The van der Waals surface area contributed by atoms with Gasteiger partial charge in [0, 0.05) is 16.2 Å². The van der Waals surface area contributed by atoms with Gasteiger partial charge in [0.05, 0.1) is 26.0 Å². The number of aromatic nitrogens is 3. The molecule has 0 amide bonds. The van der Waals surface area contributed by atoms with Gasteiger partial charge in [0.25, 0.3) is 0 Å². The van der Waals surface area contributed by atoms with Crippen molar-refractivity contribution in [3.05, 3.63) is 40.8 Å². The summed E-state index contributed by atoms with van der Waals surface area (Å²) in [6.45, 7) is 0. The number of hydrogen-bond donors (Lipinski definition) is 0. The standard InChI is InChI=1S/C14H11BrFN3O2/c1-20-12-6-13(21-2)19-7-11(17-14(19)18-12)9-4-3-8(15)5-10(9)16/h3-7H,1-2H3. The largest absolute Gasteiger partial charge is 0.482 e. The number of imidazole rings is 1. The van der Waals surface area contributed by atoms with Crippen LogP contribution in [0.15, 0.2) is 34.9 Å². The highest BCUT2D eigenvalue weighted by atomic mass is 79.9. The van der Waals surface area contributed by atoms with Crippen LogP contribution in [0.3, 0.4) is 0 Å². The Balaban J connectivity index is 2.20. The molecule has 0 fully saturated rings. The Kier molecular flexibility index (Phi) is 3.50. The molecular formula is C14H11BrFN3O2. The number of nitrogens with zero attached hydrogens (tertiary/aromatic N) is 3. The van der Waals surface area contributed by atoms with Crippen LogP contribution >= 0.6 is 15.9 Å². The normalized spacial score (nSPS) is 10.9. The van der Waals surface area contributed by atoms with E-state index in [1.165, 1.54) is 20.3 Å². The second-order valence-corrected chi connectivity index (χ2v) is 5.18. The molecule has 2 heterocycles. The first-order chi connectivity index (χ1) is 10.1. The van der Waals surface area contributed by atoms with E-state index in [1.54, 1.807) is 28.8 Å². The third-order valence-electron chi connectivity index (χ3n) is 3.01. The predicted molar refractivity (Wildman–Crippen MR) is 79.2 cm³/mol. The fraction of sp³-hybridized carbons (Fsp3) is 0.143. The Morgan fingerprint density at radius 2 is 1.95 bits per heavy atom. The summed E-state index contributed by atoms with van der Waals surface area (Å²) in [4.78, 5) is 8.54. The molecule has 0 atom stereocenters. The van der Waals surface area contributed by atoms with Gasteiger partial charge in [0.2, 0.25) is 17.5 Å². The number of methoxy groups -OCH3 is 2. The van der Waals surface area contributed by atoms with Crippen molar-refractivity contribution >= 4 is 21.7 Å². The highest BCUT2D eigenvalue weighted by molar-refractivity contribution is 9.10. The fourth-order valence-electron chi connectivity index (χ4n) is 2.01. The zero-order chi connectivity index (χ0) is 15.0. The number of rotatable bonds is 3. The molecule has 7 heteroatoms. The Bertz CT molecular complexity index is 819. The number of ether oxygens (including phenoxy) is 2. The van der Waals surface area contributed by atoms with E-state index in [4.69, 9.17) is 9.47 Å². The molecule has 108 valence electrons. The van der Waals surface area contributed by atoms with Gasteiger partial charge in [-0.25, -0.2) is 9.37 Å². The lowest BCUT2D eigenvalue weighted by molar-refractivity contribution is 0.369. The van der Waals surface area contributed by atoms with Gasteiger partial charge in [0.1, 0.15) is 5.82 Å². The number of benzene rings is 1. The summed E-state index contributed by atoms with van der Waals surface area (Å²) in [6.07, 6.45) is 1.67. The average Bonchev–Trinajstić information content (AvgIpc) is 2.89. The molecule has 0 unspecified atom stereocenters. The summed E-state index contributed by atoms with van der Waals surface area (Å²) < 4.78 is 26.7. The first-order valence-electron chi connectivity index (χ1n) is 6.06. The molecule has 0 saturated carbocycles. The highest BCUT2D eigenvalue weighted by Crippen LogP contribution is 2.27. The van der Waals surface area contributed by atoms with Crippen LogP contribution in [0.1, 0.15) is 0 Å². The first kappa shape index (κ1) is 13.8. The van der Waals surface area contributed by atoms with Crippen LogP contribution in [0.25, 0.3) is 17.0 Å². The van der Waals surface area contributed by atoms with Crippen molar-refractivity contribution in [2.75, 3.05) is 14.2 Å². The van der Waals surface area contributed by atoms with Crippen molar-refractivity contribution in [1.82, 2.24) is 14.4 Å². The third kappa shape index (κ3) is 2.44. The second kappa shape index (κ2) is 5.33. The topological polar surface area (TPSA) is 48.7 Å². The van der Waals surface area contributed by atoms with Crippen LogP contribution in [0.2, 0.25) is 0 Å². The van der Waals surface area contributed by atoms with Crippen molar-refractivity contribution < 1.29 is 13.9 Å². The zero-order valence-electron chi connectivity index (χ0n) is 11.3. The maximum absolute atomic E-state index is 14.0. The van der Waals surface area contributed by atoms with E-state index < -0.39 is 0 Å². The van der Waals surface area contributed by atoms with Crippen molar-refractivity contribution in [2.24, 2.45) is 0 Å². The van der Waals surface area contributed by atoms with Crippen molar-refractivity contribution in [3.8, 4) is 23.0 Å². The Hall–Kier alpha value is -2.15. The zero-order valence-corrected chi connectivity index (χ0v) is 12.9. The molecule has 0 bridgehead atoms. The molecule has 2 aromatic heterocycles. The summed E-state index contributed by atoms with van der Waals surface area (Å²) in [5.41, 5.74) is 0.865. The minimum atomic E-state index is -0.362. The molecule has 0 aliphatic carbocycles. The van der Waals surface area contributed by atoms with Crippen molar-refractivity contribution in [3.63, 3.8) is 0 Å². The Labute approximate surface area is 128 Å². The van der Waals surface area contributed by atoms with E-state index in [-0.39, 0.29) is 5.82 Å². The highest BCUT2D eigenvalue weighted by Gasteiger charge is 2.14. The lowest BCUT2D eigenvalue weighted by atomic mass is 10.1. The fourth-order valence-corrected chi connectivity index (χ4v) is 2.34. The molecule has 0 aliphatic rings. The Morgan fingerprint density at radius 3 is 2.62 bits per heavy atom. The van der Waals surface area contributed by atoms with Crippen molar-refractivity contribution in [2.45, 2.75) is 0 Å². The molecule has 3 aromatic rings. The molecule has 0 radical (unpaired) electrons. The van der Waals surface area contributed by atoms with Gasteiger partial charge in [-0.2, -0.15) is 4.98 Å². The van der Waals surface area contributed by atoms with E-state index in [0.29, 0.717) is 33.3 Å². The molecule has 21 heavy (non-hydrogen) atoms. The Morgan fingerprint density at radius 1 is 1.14 bits per heavy atom. The van der Waals surface area contributed by atoms with Gasteiger partial charge in [-0.1, -0.05) is 15.9 Å². The number of halogens is 2. The molecule has 0 saturated heterocycles. The SMILES string of the molecule is COc1cc(OC)n2cc(-c3ccc(Br)cc3F)nc2n1. The quantitative estimate of drug-likeness (QED) is 0.726.